The van der Waals surface area contributed by atoms with Crippen molar-refractivity contribution in [3.63, 3.8) is 0 Å². The number of fused-ring (bicyclic) bond motifs is 1. The third kappa shape index (κ3) is 4.77. The molecule has 0 unspecified atom stereocenters. The maximum atomic E-state index is 12.3. The van der Waals surface area contributed by atoms with Crippen molar-refractivity contribution in [1.82, 2.24) is 14.7 Å². The van der Waals surface area contributed by atoms with Gasteiger partial charge in [-0.15, -0.1) is 0 Å². The van der Waals surface area contributed by atoms with Crippen LogP contribution in [0, 0.1) is 0 Å². The highest BCUT2D eigenvalue weighted by molar-refractivity contribution is 5.91. The molecule has 0 spiro atoms. The minimum Gasteiger partial charge on any atom is -0.454 e. The van der Waals surface area contributed by atoms with E-state index in [1.165, 1.54) is 6.08 Å². The van der Waals surface area contributed by atoms with Gasteiger partial charge in [-0.3, -0.25) is 4.79 Å². The Morgan fingerprint density at radius 3 is 2.59 bits per heavy atom. The van der Waals surface area contributed by atoms with Crippen LogP contribution in [0.1, 0.15) is 5.56 Å². The summed E-state index contributed by atoms with van der Waals surface area (Å²) in [4.78, 5) is 26.1. The average Bonchev–Trinajstić information content (AvgIpc) is 3.51. The van der Waals surface area contributed by atoms with Gasteiger partial charge in [-0.05, 0) is 30.3 Å². The summed E-state index contributed by atoms with van der Waals surface area (Å²) >= 11 is 0. The number of carbonyl (C=O) groups excluding carboxylic acids is 2. The van der Waals surface area contributed by atoms with Crippen molar-refractivity contribution in [3.05, 3.63) is 78.5 Å². The van der Waals surface area contributed by atoms with Gasteiger partial charge in [-0.2, -0.15) is 5.10 Å². The first-order valence-corrected chi connectivity index (χ1v) is 11.0. The van der Waals surface area contributed by atoms with Gasteiger partial charge in [-0.25, -0.2) is 9.48 Å². The van der Waals surface area contributed by atoms with Gasteiger partial charge in [0.2, 0.25) is 0 Å². The van der Waals surface area contributed by atoms with Crippen molar-refractivity contribution < 1.29 is 23.5 Å². The SMILES string of the molecule is O=C(C=Cc1cn(-c2ccccc2)nc1-c1cc2ccccc2o1)OCC(=O)N1CCOCC1. The second kappa shape index (κ2) is 9.76. The number of morpholine rings is 1. The highest BCUT2D eigenvalue weighted by Gasteiger charge is 2.18. The molecule has 1 aliphatic rings. The Kier molecular flexibility index (Phi) is 6.22. The third-order valence-corrected chi connectivity index (χ3v) is 5.52. The average molecular weight is 457 g/mol. The summed E-state index contributed by atoms with van der Waals surface area (Å²) in [6.45, 7) is 1.70. The van der Waals surface area contributed by atoms with Gasteiger partial charge in [0.1, 0.15) is 11.3 Å². The minimum atomic E-state index is -0.607. The Morgan fingerprint density at radius 1 is 1.03 bits per heavy atom. The van der Waals surface area contributed by atoms with E-state index in [1.807, 2.05) is 66.9 Å². The molecule has 0 radical (unpaired) electrons. The predicted octanol–water partition coefficient (Wildman–Crippen LogP) is 3.70. The van der Waals surface area contributed by atoms with E-state index in [2.05, 4.69) is 0 Å². The predicted molar refractivity (Wildman–Crippen MR) is 126 cm³/mol. The Hall–Kier alpha value is -4.17. The Balaban J connectivity index is 1.37. The minimum absolute atomic E-state index is 0.232. The molecule has 172 valence electrons. The number of esters is 1. The normalized spacial score (nSPS) is 14.1. The number of ether oxygens (including phenoxy) is 2. The third-order valence-electron chi connectivity index (χ3n) is 5.52. The fraction of sp³-hybridized carbons (Fsp3) is 0.192. The molecule has 1 fully saturated rings. The lowest BCUT2D eigenvalue weighted by Gasteiger charge is -2.26. The topological polar surface area (TPSA) is 86.8 Å². The fourth-order valence-corrected chi connectivity index (χ4v) is 3.76. The highest BCUT2D eigenvalue weighted by Crippen LogP contribution is 2.30. The first-order valence-electron chi connectivity index (χ1n) is 11.0. The van der Waals surface area contributed by atoms with Crippen LogP contribution in [-0.2, 0) is 19.1 Å². The highest BCUT2D eigenvalue weighted by atomic mass is 16.5. The standard InChI is InChI=1S/C26H23N3O5/c30-24(28-12-14-32-15-13-28)18-33-25(31)11-10-20-17-29(21-7-2-1-3-8-21)27-26(20)23-16-19-6-4-5-9-22(19)34-23/h1-11,16-17H,12-15,18H2. The summed E-state index contributed by atoms with van der Waals surface area (Å²) in [7, 11) is 0. The lowest BCUT2D eigenvalue weighted by atomic mass is 10.2. The number of carbonyl (C=O) groups is 2. The summed E-state index contributed by atoms with van der Waals surface area (Å²) in [5.41, 5.74) is 2.90. The zero-order valence-electron chi connectivity index (χ0n) is 18.4. The maximum Gasteiger partial charge on any atom is 0.331 e. The van der Waals surface area contributed by atoms with E-state index >= 15 is 0 Å². The molecule has 4 aromatic rings. The molecule has 0 saturated carbocycles. The number of amides is 1. The molecule has 34 heavy (non-hydrogen) atoms. The molecule has 1 aliphatic heterocycles. The van der Waals surface area contributed by atoms with Gasteiger partial charge in [0.25, 0.3) is 5.91 Å². The summed E-state index contributed by atoms with van der Waals surface area (Å²) in [5, 5.41) is 5.67. The lowest BCUT2D eigenvalue weighted by Crippen LogP contribution is -2.42. The molecule has 0 aliphatic carbocycles. The number of para-hydroxylation sites is 2. The van der Waals surface area contributed by atoms with Crippen molar-refractivity contribution in [2.24, 2.45) is 0 Å². The Labute approximate surface area is 196 Å². The van der Waals surface area contributed by atoms with Crippen molar-refractivity contribution >= 4 is 28.9 Å². The first kappa shape index (κ1) is 21.7. The second-order valence-electron chi connectivity index (χ2n) is 7.80. The summed E-state index contributed by atoms with van der Waals surface area (Å²) < 4.78 is 18.1. The van der Waals surface area contributed by atoms with Gasteiger partial charge >= 0.3 is 5.97 Å². The number of hydrogen-bond acceptors (Lipinski definition) is 6. The smallest absolute Gasteiger partial charge is 0.331 e. The van der Waals surface area contributed by atoms with Gasteiger partial charge < -0.3 is 18.8 Å². The van der Waals surface area contributed by atoms with Crippen LogP contribution in [0.15, 0.2) is 77.4 Å². The first-order chi connectivity index (χ1) is 16.7. The molecule has 5 rings (SSSR count). The molecule has 0 bridgehead atoms. The van der Waals surface area contributed by atoms with Crippen LogP contribution >= 0.6 is 0 Å². The molecule has 3 heterocycles. The zero-order valence-corrected chi connectivity index (χ0v) is 18.4. The molecular formula is C26H23N3O5. The van der Waals surface area contributed by atoms with Crippen molar-refractivity contribution in [1.29, 1.82) is 0 Å². The van der Waals surface area contributed by atoms with E-state index in [0.29, 0.717) is 43.3 Å². The molecule has 1 amide bonds. The second-order valence-corrected chi connectivity index (χ2v) is 7.80. The van der Waals surface area contributed by atoms with Gasteiger partial charge in [0.05, 0.1) is 18.9 Å². The molecule has 2 aromatic heterocycles. The summed E-state index contributed by atoms with van der Waals surface area (Å²) in [5.74, 6) is -0.249. The number of benzene rings is 2. The number of rotatable bonds is 6. The van der Waals surface area contributed by atoms with Gasteiger partial charge in [0, 0.05) is 36.3 Å². The zero-order chi connectivity index (χ0) is 23.3. The van der Waals surface area contributed by atoms with Crippen LogP contribution in [0.3, 0.4) is 0 Å². The molecule has 8 nitrogen and oxygen atoms in total. The molecule has 0 atom stereocenters. The van der Waals surface area contributed by atoms with Gasteiger partial charge in [0.15, 0.2) is 12.4 Å². The lowest BCUT2D eigenvalue weighted by molar-refractivity contribution is -0.150. The van der Waals surface area contributed by atoms with Crippen molar-refractivity contribution in [2.45, 2.75) is 0 Å². The number of furan rings is 1. The summed E-state index contributed by atoms with van der Waals surface area (Å²) in [6, 6.07) is 19.3. The molecular weight excluding hydrogens is 434 g/mol. The molecule has 1 saturated heterocycles. The number of aromatic nitrogens is 2. The van der Waals surface area contributed by atoms with E-state index in [4.69, 9.17) is 19.0 Å². The quantitative estimate of drug-likeness (QED) is 0.324. The number of hydrogen-bond donors (Lipinski definition) is 0. The van der Waals surface area contributed by atoms with E-state index in [9.17, 15) is 9.59 Å². The monoisotopic (exact) mass is 457 g/mol. The molecule has 8 heteroatoms. The van der Waals surface area contributed by atoms with Crippen LogP contribution < -0.4 is 0 Å². The van der Waals surface area contributed by atoms with Crippen LogP contribution in [0.2, 0.25) is 0 Å². The van der Waals surface area contributed by atoms with E-state index in [-0.39, 0.29) is 12.5 Å². The van der Waals surface area contributed by atoms with E-state index < -0.39 is 5.97 Å². The fourth-order valence-electron chi connectivity index (χ4n) is 3.76. The van der Waals surface area contributed by atoms with E-state index in [0.717, 1.165) is 16.7 Å². The largest absolute Gasteiger partial charge is 0.454 e. The van der Waals surface area contributed by atoms with Crippen molar-refractivity contribution in [3.8, 4) is 17.1 Å². The van der Waals surface area contributed by atoms with Gasteiger partial charge in [-0.1, -0.05) is 36.4 Å². The molecule has 0 N–H and O–H groups in total. The van der Waals surface area contributed by atoms with Crippen LogP contribution in [-0.4, -0.2) is 59.5 Å². The number of nitrogens with zero attached hydrogens (tertiary/aromatic N) is 3. The van der Waals surface area contributed by atoms with Crippen LogP contribution in [0.25, 0.3) is 34.2 Å². The Bertz CT molecular complexity index is 1300. The van der Waals surface area contributed by atoms with Crippen LogP contribution in [0.4, 0.5) is 0 Å². The molecule has 2 aromatic carbocycles. The Morgan fingerprint density at radius 2 is 1.79 bits per heavy atom. The summed E-state index contributed by atoms with van der Waals surface area (Å²) in [6.07, 6.45) is 4.74. The van der Waals surface area contributed by atoms with Crippen LogP contribution in [0.5, 0.6) is 0 Å². The van der Waals surface area contributed by atoms with Crippen molar-refractivity contribution in [2.75, 3.05) is 32.9 Å². The maximum absolute atomic E-state index is 12.3. The van der Waals surface area contributed by atoms with E-state index in [1.54, 1.807) is 15.7 Å².